The molecule has 0 bridgehead atoms. The Kier molecular flexibility index (Phi) is 6.10. The van der Waals surface area contributed by atoms with E-state index in [9.17, 15) is 22.8 Å². The molecule has 1 unspecified atom stereocenters. The number of hydrogen-bond acceptors (Lipinski definition) is 5. The van der Waals surface area contributed by atoms with Gasteiger partial charge in [0.25, 0.3) is 0 Å². The first-order chi connectivity index (χ1) is 16.2. The summed E-state index contributed by atoms with van der Waals surface area (Å²) in [5.74, 6) is -1.68. The third-order valence-corrected chi connectivity index (χ3v) is 5.43. The first-order valence-electron chi connectivity index (χ1n) is 10.0. The van der Waals surface area contributed by atoms with Crippen molar-refractivity contribution < 1.29 is 37.3 Å². The first kappa shape index (κ1) is 23.0. The molecule has 176 valence electrons. The number of alkyl halides is 3. The zero-order valence-electron chi connectivity index (χ0n) is 17.7. The van der Waals surface area contributed by atoms with Crippen molar-refractivity contribution in [3.05, 3.63) is 76.1 Å². The second-order valence-electron chi connectivity index (χ2n) is 7.52. The quantitative estimate of drug-likeness (QED) is 0.555. The van der Waals surface area contributed by atoms with Crippen LogP contribution in [0.1, 0.15) is 50.6 Å². The number of halogens is 3. The van der Waals surface area contributed by atoms with E-state index < -0.39 is 29.9 Å². The second kappa shape index (κ2) is 9.00. The number of aromatic carboxylic acids is 1. The van der Waals surface area contributed by atoms with E-state index in [0.717, 1.165) is 17.7 Å². The van der Waals surface area contributed by atoms with Gasteiger partial charge in [-0.25, -0.2) is 9.79 Å². The smallest absolute Gasteiger partial charge is 0.416 e. The SMILES string of the molecule is COc1cc(C2CC(=O)N=Cc3[nH]ncc32)ccc1OCc1ccc(C(=O)O)cc1C(F)(F)F. The molecule has 1 aliphatic rings. The van der Waals surface area contributed by atoms with Gasteiger partial charge >= 0.3 is 12.1 Å². The third-order valence-electron chi connectivity index (χ3n) is 5.43. The van der Waals surface area contributed by atoms with Gasteiger partial charge in [0.05, 0.1) is 36.3 Å². The summed E-state index contributed by atoms with van der Waals surface area (Å²) in [6.45, 7) is -0.466. The number of H-pyrrole nitrogens is 1. The Morgan fingerprint density at radius 1 is 1.21 bits per heavy atom. The van der Waals surface area contributed by atoms with Crippen molar-refractivity contribution in [3.63, 3.8) is 0 Å². The van der Waals surface area contributed by atoms with E-state index >= 15 is 0 Å². The van der Waals surface area contributed by atoms with Crippen LogP contribution in [0.25, 0.3) is 0 Å². The summed E-state index contributed by atoms with van der Waals surface area (Å²) in [6.07, 6.45) is -1.61. The van der Waals surface area contributed by atoms with Crippen LogP contribution in [-0.2, 0) is 17.6 Å². The molecule has 0 spiro atoms. The van der Waals surface area contributed by atoms with Crippen LogP contribution < -0.4 is 9.47 Å². The first-order valence-corrected chi connectivity index (χ1v) is 10.0. The topological polar surface area (TPSA) is 114 Å². The summed E-state index contributed by atoms with van der Waals surface area (Å²) in [5.41, 5.74) is 0.315. The maximum absolute atomic E-state index is 13.5. The molecule has 11 heteroatoms. The van der Waals surface area contributed by atoms with Crippen LogP contribution in [0.2, 0.25) is 0 Å². The molecule has 0 radical (unpaired) electrons. The van der Waals surface area contributed by atoms with Gasteiger partial charge in [-0.15, -0.1) is 0 Å². The minimum Gasteiger partial charge on any atom is -0.493 e. The number of aromatic amines is 1. The Labute approximate surface area is 191 Å². The molecule has 3 aromatic rings. The van der Waals surface area contributed by atoms with Gasteiger partial charge < -0.3 is 14.6 Å². The van der Waals surface area contributed by atoms with Gasteiger partial charge in [0.2, 0.25) is 5.91 Å². The van der Waals surface area contributed by atoms with Crippen LogP contribution in [0.3, 0.4) is 0 Å². The van der Waals surface area contributed by atoms with Crippen molar-refractivity contribution in [2.24, 2.45) is 4.99 Å². The molecule has 0 aliphatic carbocycles. The van der Waals surface area contributed by atoms with Crippen LogP contribution in [0.5, 0.6) is 11.5 Å². The van der Waals surface area contributed by atoms with Crippen LogP contribution in [0.15, 0.2) is 47.6 Å². The number of carboxylic acid groups (broad SMARTS) is 1. The largest absolute Gasteiger partial charge is 0.493 e. The summed E-state index contributed by atoms with van der Waals surface area (Å²) in [5, 5.41) is 15.8. The maximum atomic E-state index is 13.5. The van der Waals surface area contributed by atoms with E-state index in [1.54, 1.807) is 24.4 Å². The van der Waals surface area contributed by atoms with Crippen LogP contribution >= 0.6 is 0 Å². The molecule has 1 atom stereocenters. The molecule has 8 nitrogen and oxygen atoms in total. The number of ether oxygens (including phenoxy) is 2. The molecule has 0 fully saturated rings. The van der Waals surface area contributed by atoms with Crippen molar-refractivity contribution in [1.82, 2.24) is 10.2 Å². The molecule has 2 heterocycles. The highest BCUT2D eigenvalue weighted by molar-refractivity contribution is 5.94. The van der Waals surface area contributed by atoms with Crippen molar-refractivity contribution in [1.29, 1.82) is 0 Å². The van der Waals surface area contributed by atoms with Gasteiger partial charge in [-0.1, -0.05) is 12.1 Å². The Morgan fingerprint density at radius 3 is 2.71 bits per heavy atom. The monoisotopic (exact) mass is 473 g/mol. The number of amides is 1. The lowest BCUT2D eigenvalue weighted by atomic mass is 9.89. The van der Waals surface area contributed by atoms with E-state index in [4.69, 9.17) is 14.6 Å². The van der Waals surface area contributed by atoms with E-state index in [0.29, 0.717) is 17.3 Å². The lowest BCUT2D eigenvalue weighted by Gasteiger charge is -2.18. The number of aromatic nitrogens is 2. The Hall–Kier alpha value is -4.15. The summed E-state index contributed by atoms with van der Waals surface area (Å²) in [6, 6.07) is 7.62. The highest BCUT2D eigenvalue weighted by atomic mass is 19.4. The lowest BCUT2D eigenvalue weighted by molar-refractivity contribution is -0.138. The number of hydrogen-bond donors (Lipinski definition) is 2. The molecule has 0 saturated carbocycles. The van der Waals surface area contributed by atoms with Gasteiger partial charge in [-0.3, -0.25) is 9.89 Å². The number of aliphatic imine (C=N–C) groups is 1. The predicted octanol–water partition coefficient (Wildman–Crippen LogP) is 4.20. The minimum absolute atomic E-state index is 0.108. The van der Waals surface area contributed by atoms with Crippen LogP contribution in [0, 0.1) is 0 Å². The number of carbonyl (C=O) groups excluding carboxylic acids is 1. The number of carbonyl (C=O) groups is 2. The summed E-state index contributed by atoms with van der Waals surface area (Å²) in [7, 11) is 1.39. The molecule has 0 saturated heterocycles. The van der Waals surface area contributed by atoms with Crippen molar-refractivity contribution in [2.45, 2.75) is 25.1 Å². The number of nitrogens with zero attached hydrogens (tertiary/aromatic N) is 2. The van der Waals surface area contributed by atoms with Crippen LogP contribution in [-0.4, -0.2) is 40.5 Å². The number of fused-ring (bicyclic) bond motifs is 1. The number of nitrogens with one attached hydrogen (secondary N) is 1. The minimum atomic E-state index is -4.76. The van der Waals surface area contributed by atoms with E-state index in [1.165, 1.54) is 13.3 Å². The lowest BCUT2D eigenvalue weighted by Crippen LogP contribution is -2.13. The second-order valence-corrected chi connectivity index (χ2v) is 7.52. The zero-order chi connectivity index (χ0) is 24.5. The normalized spacial score (nSPS) is 15.5. The fourth-order valence-electron chi connectivity index (χ4n) is 3.73. The van der Waals surface area contributed by atoms with Crippen molar-refractivity contribution >= 4 is 18.1 Å². The average Bonchev–Trinajstić information content (AvgIpc) is 3.21. The Balaban J connectivity index is 1.61. The number of rotatable bonds is 6. The molecule has 4 rings (SSSR count). The zero-order valence-corrected chi connectivity index (χ0v) is 17.7. The van der Waals surface area contributed by atoms with Crippen molar-refractivity contribution in [3.8, 4) is 11.5 Å². The molecule has 1 aliphatic heterocycles. The predicted molar refractivity (Wildman–Crippen MR) is 113 cm³/mol. The molecule has 34 heavy (non-hydrogen) atoms. The van der Waals surface area contributed by atoms with Gasteiger partial charge in [-0.2, -0.15) is 18.3 Å². The number of methoxy groups -OCH3 is 1. The standard InChI is InChI=1S/C23H18F3N3O5/c1-33-20-7-12(15-8-21(30)27-10-18-16(15)9-28-29-18)4-5-19(20)34-11-14-3-2-13(22(31)32)6-17(14)23(24,25)26/h2-7,9-10,15H,8,11H2,1H3,(H,28,29)(H,31,32). The summed E-state index contributed by atoms with van der Waals surface area (Å²) in [4.78, 5) is 27.0. The number of carboxylic acids is 1. The fourth-order valence-corrected chi connectivity index (χ4v) is 3.73. The molecule has 2 N–H and O–H groups in total. The maximum Gasteiger partial charge on any atom is 0.416 e. The Bertz CT molecular complexity index is 1280. The van der Waals surface area contributed by atoms with E-state index in [-0.39, 0.29) is 35.3 Å². The third kappa shape index (κ3) is 4.63. The average molecular weight is 473 g/mol. The molecule has 2 aromatic carbocycles. The number of benzene rings is 2. The van der Waals surface area contributed by atoms with Gasteiger partial charge in [-0.05, 0) is 29.8 Å². The molecular weight excluding hydrogens is 455 g/mol. The highest BCUT2D eigenvalue weighted by Gasteiger charge is 2.34. The molecule has 1 amide bonds. The molecule has 1 aromatic heterocycles. The van der Waals surface area contributed by atoms with Gasteiger partial charge in [0, 0.05) is 23.5 Å². The van der Waals surface area contributed by atoms with E-state index in [2.05, 4.69) is 15.2 Å². The van der Waals surface area contributed by atoms with Gasteiger partial charge in [0.1, 0.15) is 6.61 Å². The highest BCUT2D eigenvalue weighted by Crippen LogP contribution is 2.38. The Morgan fingerprint density at radius 2 is 2.00 bits per heavy atom. The van der Waals surface area contributed by atoms with Gasteiger partial charge in [0.15, 0.2) is 11.5 Å². The summed E-state index contributed by atoms with van der Waals surface area (Å²) >= 11 is 0. The van der Waals surface area contributed by atoms with Crippen LogP contribution in [0.4, 0.5) is 13.2 Å². The summed E-state index contributed by atoms with van der Waals surface area (Å²) < 4.78 is 51.4. The van der Waals surface area contributed by atoms with E-state index in [1.807, 2.05) is 0 Å². The van der Waals surface area contributed by atoms with Crippen molar-refractivity contribution in [2.75, 3.05) is 7.11 Å². The molecular formula is C23H18F3N3O5. The fraction of sp³-hybridized carbons (Fsp3) is 0.217.